The van der Waals surface area contributed by atoms with Crippen LogP contribution >= 0.6 is 0 Å². The van der Waals surface area contributed by atoms with Gasteiger partial charge in [-0.15, -0.1) is 41.3 Å². The molecule has 6 aromatic rings. The number of aromatic nitrogens is 4. The van der Waals surface area contributed by atoms with Crippen molar-refractivity contribution in [2.45, 2.75) is 99.8 Å². The molecule has 2 atom stereocenters. The number of rotatable bonds is 8. The van der Waals surface area contributed by atoms with Crippen LogP contribution in [-0.2, 0) is 32.9 Å². The summed E-state index contributed by atoms with van der Waals surface area (Å²) in [4.78, 5) is 4.79. The minimum absolute atomic E-state index is 0. The van der Waals surface area contributed by atoms with Crippen molar-refractivity contribution in [1.82, 2.24) is 19.3 Å². The van der Waals surface area contributed by atoms with Gasteiger partial charge in [0.1, 0.15) is 5.82 Å². The van der Waals surface area contributed by atoms with Gasteiger partial charge in [-0.2, -0.15) is 11.2 Å². The Labute approximate surface area is 324 Å². The van der Waals surface area contributed by atoms with Crippen LogP contribution < -0.4 is 4.74 Å². The van der Waals surface area contributed by atoms with Gasteiger partial charge in [0.15, 0.2) is 0 Å². The van der Waals surface area contributed by atoms with E-state index in [2.05, 4.69) is 151 Å². The van der Waals surface area contributed by atoms with E-state index in [0.29, 0.717) is 35.2 Å². The molecule has 0 spiro atoms. The predicted octanol–water partition coefficient (Wildman–Crippen LogP) is 12.0. The molecular weight excluding hydrogens is 820 g/mol. The van der Waals surface area contributed by atoms with Gasteiger partial charge >= 0.3 is 21.1 Å². The zero-order valence-electron chi connectivity index (χ0n) is 32.4. The molecular formula is C46H52N4OPt. The Morgan fingerprint density at radius 1 is 0.923 bits per heavy atom. The molecule has 0 amide bonds. The molecule has 0 radical (unpaired) electrons. The molecule has 0 fully saturated rings. The van der Waals surface area contributed by atoms with Gasteiger partial charge in [0.2, 0.25) is 0 Å². The van der Waals surface area contributed by atoms with Crippen LogP contribution in [0.4, 0.5) is 0 Å². The second kappa shape index (κ2) is 14.8. The number of nitrogens with zero attached hydrogens (tertiary/aromatic N) is 4. The zero-order valence-corrected chi connectivity index (χ0v) is 34.6. The smallest absolute Gasteiger partial charge is 0.509 e. The first-order valence-electron chi connectivity index (χ1n) is 18.8. The molecule has 3 aromatic carbocycles. The molecule has 52 heavy (non-hydrogen) atoms. The number of hydrogen-bond donors (Lipinski definition) is 0. The number of pyridine rings is 1. The minimum Gasteiger partial charge on any atom is -0.509 e. The van der Waals surface area contributed by atoms with Crippen molar-refractivity contribution in [3.8, 4) is 23.0 Å². The molecule has 1 aliphatic rings. The average molecular weight is 872 g/mol. The van der Waals surface area contributed by atoms with Crippen LogP contribution in [0.3, 0.4) is 0 Å². The molecule has 0 saturated carbocycles. The summed E-state index contributed by atoms with van der Waals surface area (Å²) in [6, 6.07) is 28.5. The molecule has 0 bridgehead atoms. The number of benzene rings is 3. The van der Waals surface area contributed by atoms with Crippen LogP contribution in [0.25, 0.3) is 33.3 Å². The fourth-order valence-corrected chi connectivity index (χ4v) is 8.24. The molecule has 0 saturated heterocycles. The number of para-hydroxylation sites is 1. The number of hydrogen-bond acceptors (Lipinski definition) is 3. The number of allylic oxidation sites excluding steroid dienone is 2. The first kappa shape index (κ1) is 37.8. The topological polar surface area (TPSA) is 44.9 Å². The van der Waals surface area contributed by atoms with E-state index in [4.69, 9.17) is 14.8 Å². The van der Waals surface area contributed by atoms with E-state index >= 15 is 0 Å². The van der Waals surface area contributed by atoms with Gasteiger partial charge in [-0.3, -0.25) is 4.68 Å². The second-order valence-corrected chi connectivity index (χ2v) is 16.1. The summed E-state index contributed by atoms with van der Waals surface area (Å²) in [6.07, 6.45) is 7.72. The molecule has 0 aliphatic heterocycles. The van der Waals surface area contributed by atoms with Crippen molar-refractivity contribution in [2.75, 3.05) is 0 Å². The maximum Gasteiger partial charge on any atom is 2.00 e. The summed E-state index contributed by atoms with van der Waals surface area (Å²) < 4.78 is 11.0. The molecule has 1 unspecified atom stereocenters. The standard InChI is InChI=1S/C46H52N4O.Pt/c1-11-32-21-22-47-43(23-32)49-41-18-13-12-15-39(41)40-20-19-35(27-42(40)49)51-36-25-33(46(8,9)10)24-34(26-36)50-31(7)44(30(6)48-50)45-37(28(2)3)16-14-17-38(45)29(4)5;/h12-13,15-16,18-25,28-29,38,45H,11,14,17H2,1-10H3;/q-2;+2/t38-,45?;/m1./s1. The summed E-state index contributed by atoms with van der Waals surface area (Å²) in [6.45, 7) is 22.8. The molecule has 6 heteroatoms. The van der Waals surface area contributed by atoms with E-state index in [1.165, 1.54) is 23.2 Å². The van der Waals surface area contributed by atoms with Crippen LogP contribution in [0.15, 0.2) is 78.5 Å². The van der Waals surface area contributed by atoms with Crippen molar-refractivity contribution in [1.29, 1.82) is 0 Å². The van der Waals surface area contributed by atoms with E-state index < -0.39 is 0 Å². The quantitative estimate of drug-likeness (QED) is 0.113. The normalized spacial score (nSPS) is 16.5. The van der Waals surface area contributed by atoms with E-state index in [1.807, 2.05) is 12.3 Å². The summed E-state index contributed by atoms with van der Waals surface area (Å²) in [5, 5.41) is 7.50. The molecule has 0 N–H and O–H groups in total. The van der Waals surface area contributed by atoms with Crippen molar-refractivity contribution < 1.29 is 25.8 Å². The Morgan fingerprint density at radius 2 is 1.69 bits per heavy atom. The maximum atomic E-state index is 6.71. The third-order valence-corrected chi connectivity index (χ3v) is 11.0. The van der Waals surface area contributed by atoms with Gasteiger partial charge in [0.25, 0.3) is 0 Å². The van der Waals surface area contributed by atoms with Gasteiger partial charge in [0, 0.05) is 40.4 Å². The van der Waals surface area contributed by atoms with Crippen molar-refractivity contribution in [2.24, 2.45) is 17.8 Å². The Bertz CT molecular complexity index is 2260. The van der Waals surface area contributed by atoms with E-state index in [9.17, 15) is 0 Å². The van der Waals surface area contributed by atoms with Gasteiger partial charge < -0.3 is 9.30 Å². The Morgan fingerprint density at radius 3 is 2.40 bits per heavy atom. The van der Waals surface area contributed by atoms with Gasteiger partial charge in [0.05, 0.1) is 5.69 Å². The second-order valence-electron chi connectivity index (χ2n) is 16.1. The third kappa shape index (κ3) is 6.94. The largest absolute Gasteiger partial charge is 2.00 e. The van der Waals surface area contributed by atoms with Crippen molar-refractivity contribution >= 4 is 21.8 Å². The summed E-state index contributed by atoms with van der Waals surface area (Å²) in [5.41, 5.74) is 10.4. The molecule has 1 aliphatic carbocycles. The van der Waals surface area contributed by atoms with Crippen LogP contribution in [0, 0.1) is 43.7 Å². The zero-order chi connectivity index (χ0) is 36.2. The van der Waals surface area contributed by atoms with Crippen LogP contribution in [0.5, 0.6) is 11.5 Å². The number of fused-ring (bicyclic) bond motifs is 3. The predicted molar refractivity (Wildman–Crippen MR) is 211 cm³/mol. The van der Waals surface area contributed by atoms with Gasteiger partial charge in [-0.1, -0.05) is 90.8 Å². The third-order valence-electron chi connectivity index (χ3n) is 11.0. The average Bonchev–Trinajstić information content (AvgIpc) is 3.59. The van der Waals surface area contributed by atoms with Crippen LogP contribution in [0.1, 0.15) is 102 Å². The van der Waals surface area contributed by atoms with Crippen molar-refractivity contribution in [3.05, 3.63) is 119 Å². The first-order valence-corrected chi connectivity index (χ1v) is 18.8. The van der Waals surface area contributed by atoms with E-state index in [-0.39, 0.29) is 26.5 Å². The first-order chi connectivity index (χ1) is 24.3. The molecule has 7 rings (SSSR count). The Balaban J connectivity index is 0.00000464. The molecule has 5 nitrogen and oxygen atoms in total. The van der Waals surface area contributed by atoms with Crippen LogP contribution in [0.2, 0.25) is 0 Å². The minimum atomic E-state index is -0.114. The molecule has 272 valence electrons. The summed E-state index contributed by atoms with van der Waals surface area (Å²) >= 11 is 0. The summed E-state index contributed by atoms with van der Waals surface area (Å²) in [5.74, 6) is 4.21. The fourth-order valence-electron chi connectivity index (χ4n) is 8.24. The van der Waals surface area contributed by atoms with Gasteiger partial charge in [-0.25, -0.2) is 4.98 Å². The van der Waals surface area contributed by atoms with Crippen molar-refractivity contribution in [3.63, 3.8) is 0 Å². The fraction of sp³-hybridized carbons (Fsp3) is 0.391. The number of ether oxygens (including phenoxy) is 1. The Kier molecular flexibility index (Phi) is 10.8. The Hall–Kier alpha value is -3.95. The molecule has 3 heterocycles. The van der Waals surface area contributed by atoms with Gasteiger partial charge in [-0.05, 0) is 91.1 Å². The molecule has 3 aromatic heterocycles. The SMILES string of the molecule is CCc1ccnc(-n2c3[c-]c(Oc4[c-]c(-n5nc(C)c(C6C(C(C)C)=CCC[C@@H]6C(C)C)c5C)cc(C(C)(C)C)c4)ccc3c3ccccc32)c1.[Pt+2]. The maximum absolute atomic E-state index is 6.71. The summed E-state index contributed by atoms with van der Waals surface area (Å²) in [7, 11) is 0. The van der Waals surface area contributed by atoms with E-state index in [1.54, 1.807) is 5.57 Å². The monoisotopic (exact) mass is 871 g/mol. The van der Waals surface area contributed by atoms with Crippen LogP contribution in [-0.4, -0.2) is 19.3 Å². The number of aryl methyl sites for hydroxylation is 2. The van der Waals surface area contributed by atoms with E-state index in [0.717, 1.165) is 57.4 Å².